The van der Waals surface area contributed by atoms with E-state index in [2.05, 4.69) is 5.32 Å². The topological polar surface area (TPSA) is 64.3 Å². The number of nitrogens with one attached hydrogen (secondary N) is 1. The first-order chi connectivity index (χ1) is 7.99. The zero-order valence-corrected chi connectivity index (χ0v) is 11.8. The molecule has 0 aliphatic heterocycles. The van der Waals surface area contributed by atoms with Crippen LogP contribution in [0.1, 0.15) is 32.4 Å². The van der Waals surface area contributed by atoms with Crippen LogP contribution in [-0.4, -0.2) is 18.6 Å². The van der Waals surface area contributed by atoms with Gasteiger partial charge in [0.2, 0.25) is 5.91 Å². The molecule has 102 valence electrons. The molecule has 0 saturated carbocycles. The lowest BCUT2D eigenvalue weighted by Crippen LogP contribution is -2.20. The molecule has 0 aromatic heterocycles. The van der Waals surface area contributed by atoms with Gasteiger partial charge in [-0.15, -0.1) is 12.4 Å². The van der Waals surface area contributed by atoms with Crippen molar-refractivity contribution in [3.8, 4) is 0 Å². The van der Waals surface area contributed by atoms with Gasteiger partial charge in [-0.2, -0.15) is 0 Å². The Morgan fingerprint density at radius 2 is 1.83 bits per heavy atom. The first kappa shape index (κ1) is 16.9. The van der Waals surface area contributed by atoms with Gasteiger partial charge >= 0.3 is 0 Å². The molecule has 1 unspecified atom stereocenters. The smallest absolute Gasteiger partial charge is 0.250 e. The van der Waals surface area contributed by atoms with E-state index < -0.39 is 0 Å². The summed E-state index contributed by atoms with van der Waals surface area (Å²) in [6.45, 7) is 5.78. The fourth-order valence-corrected chi connectivity index (χ4v) is 1.31. The highest BCUT2D eigenvalue weighted by Gasteiger charge is 2.04. The number of halogens is 1. The van der Waals surface area contributed by atoms with Gasteiger partial charge in [-0.25, -0.2) is 0 Å². The lowest BCUT2D eigenvalue weighted by Gasteiger charge is -2.10. The summed E-state index contributed by atoms with van der Waals surface area (Å²) in [6, 6.07) is 7.49. The first-order valence-electron chi connectivity index (χ1n) is 5.76. The largest absolute Gasteiger partial charge is 0.369 e. The van der Waals surface area contributed by atoms with E-state index in [-0.39, 0.29) is 37.1 Å². The zero-order valence-electron chi connectivity index (χ0n) is 11.0. The SMILES string of the molecule is CC(C)OCC(=O)Nc1ccc(C(C)N)cc1.Cl. The summed E-state index contributed by atoms with van der Waals surface area (Å²) in [5.74, 6) is -0.146. The number of ether oxygens (including phenoxy) is 1. The van der Waals surface area contributed by atoms with Crippen LogP contribution in [0.2, 0.25) is 0 Å². The van der Waals surface area contributed by atoms with Crippen LogP contribution >= 0.6 is 12.4 Å². The number of benzene rings is 1. The van der Waals surface area contributed by atoms with Crippen LogP contribution in [0.3, 0.4) is 0 Å². The average Bonchev–Trinajstić information content (AvgIpc) is 2.27. The van der Waals surface area contributed by atoms with Crippen molar-refractivity contribution >= 4 is 24.0 Å². The molecule has 0 heterocycles. The molecule has 0 aliphatic rings. The quantitative estimate of drug-likeness (QED) is 0.866. The monoisotopic (exact) mass is 272 g/mol. The Bertz CT molecular complexity index is 364. The molecule has 0 spiro atoms. The summed E-state index contributed by atoms with van der Waals surface area (Å²) < 4.78 is 5.21. The van der Waals surface area contributed by atoms with Crippen molar-refractivity contribution in [1.29, 1.82) is 0 Å². The van der Waals surface area contributed by atoms with Gasteiger partial charge in [-0.3, -0.25) is 4.79 Å². The number of nitrogens with two attached hydrogens (primary N) is 1. The van der Waals surface area contributed by atoms with Crippen molar-refractivity contribution in [1.82, 2.24) is 0 Å². The number of carbonyl (C=O) groups excluding carboxylic acids is 1. The van der Waals surface area contributed by atoms with E-state index in [0.717, 1.165) is 11.3 Å². The maximum absolute atomic E-state index is 11.5. The lowest BCUT2D eigenvalue weighted by molar-refractivity contribution is -0.121. The van der Waals surface area contributed by atoms with Gasteiger partial charge in [-0.1, -0.05) is 12.1 Å². The molecule has 1 aromatic rings. The summed E-state index contributed by atoms with van der Waals surface area (Å²) in [5, 5.41) is 2.76. The summed E-state index contributed by atoms with van der Waals surface area (Å²) in [7, 11) is 0. The third-order valence-electron chi connectivity index (χ3n) is 2.27. The Morgan fingerprint density at radius 3 is 2.28 bits per heavy atom. The molecule has 0 radical (unpaired) electrons. The molecular formula is C13H21ClN2O2. The molecule has 1 rings (SSSR count). The van der Waals surface area contributed by atoms with E-state index in [9.17, 15) is 4.79 Å². The Kier molecular flexibility index (Phi) is 7.59. The highest BCUT2D eigenvalue weighted by molar-refractivity contribution is 5.91. The second-order valence-electron chi connectivity index (χ2n) is 4.32. The summed E-state index contributed by atoms with van der Waals surface area (Å²) in [5.41, 5.74) is 7.54. The number of rotatable bonds is 5. The van der Waals surface area contributed by atoms with Crippen LogP contribution in [0.5, 0.6) is 0 Å². The molecule has 0 saturated heterocycles. The van der Waals surface area contributed by atoms with Crippen LogP contribution in [0.4, 0.5) is 5.69 Å². The predicted molar refractivity (Wildman–Crippen MR) is 76.0 cm³/mol. The van der Waals surface area contributed by atoms with Crippen molar-refractivity contribution in [2.24, 2.45) is 5.73 Å². The third-order valence-corrected chi connectivity index (χ3v) is 2.27. The number of carbonyl (C=O) groups is 1. The minimum absolute atomic E-state index is 0. The first-order valence-corrected chi connectivity index (χ1v) is 5.76. The van der Waals surface area contributed by atoms with Crippen molar-refractivity contribution in [3.05, 3.63) is 29.8 Å². The number of amides is 1. The van der Waals surface area contributed by atoms with E-state index >= 15 is 0 Å². The van der Waals surface area contributed by atoms with Gasteiger partial charge in [0.1, 0.15) is 6.61 Å². The molecule has 0 aliphatic carbocycles. The van der Waals surface area contributed by atoms with Gasteiger partial charge in [0.15, 0.2) is 0 Å². The predicted octanol–water partition coefficient (Wildman–Crippen LogP) is 2.49. The third kappa shape index (κ3) is 6.00. The summed E-state index contributed by atoms with van der Waals surface area (Å²) in [6.07, 6.45) is 0.0567. The van der Waals surface area contributed by atoms with Crippen LogP contribution in [-0.2, 0) is 9.53 Å². The molecule has 18 heavy (non-hydrogen) atoms. The molecule has 5 heteroatoms. The lowest BCUT2D eigenvalue weighted by atomic mass is 10.1. The molecule has 3 N–H and O–H groups in total. The number of anilines is 1. The average molecular weight is 273 g/mol. The molecule has 1 amide bonds. The Labute approximate surface area is 114 Å². The fraction of sp³-hybridized carbons (Fsp3) is 0.462. The molecule has 0 fully saturated rings. The van der Waals surface area contributed by atoms with Crippen molar-refractivity contribution in [2.45, 2.75) is 32.9 Å². The summed E-state index contributed by atoms with van der Waals surface area (Å²) >= 11 is 0. The van der Waals surface area contributed by atoms with Crippen molar-refractivity contribution in [3.63, 3.8) is 0 Å². The van der Waals surface area contributed by atoms with Crippen LogP contribution < -0.4 is 11.1 Å². The minimum Gasteiger partial charge on any atom is -0.369 e. The molecule has 1 aromatic carbocycles. The van der Waals surface area contributed by atoms with Gasteiger partial charge < -0.3 is 15.8 Å². The van der Waals surface area contributed by atoms with Gasteiger partial charge in [0.05, 0.1) is 6.10 Å². The van der Waals surface area contributed by atoms with Crippen molar-refractivity contribution in [2.75, 3.05) is 11.9 Å². The standard InChI is InChI=1S/C13H20N2O2.ClH/c1-9(2)17-8-13(16)15-12-6-4-11(5-7-12)10(3)14;/h4-7,9-10H,8,14H2,1-3H3,(H,15,16);1H. The Morgan fingerprint density at radius 1 is 1.28 bits per heavy atom. The molecule has 1 atom stereocenters. The van der Waals surface area contributed by atoms with Gasteiger partial charge in [0.25, 0.3) is 0 Å². The second-order valence-corrected chi connectivity index (χ2v) is 4.32. The normalized spacial score (nSPS) is 11.8. The molecular weight excluding hydrogens is 252 g/mol. The van der Waals surface area contributed by atoms with E-state index in [1.165, 1.54) is 0 Å². The second kappa shape index (κ2) is 8.08. The Hall–Kier alpha value is -1.10. The minimum atomic E-state index is -0.146. The highest BCUT2D eigenvalue weighted by atomic mass is 35.5. The summed E-state index contributed by atoms with van der Waals surface area (Å²) in [4.78, 5) is 11.5. The molecule has 0 bridgehead atoms. The number of hydrogen-bond acceptors (Lipinski definition) is 3. The van der Waals surface area contributed by atoms with Crippen LogP contribution in [0.25, 0.3) is 0 Å². The maximum atomic E-state index is 11.5. The van der Waals surface area contributed by atoms with E-state index in [4.69, 9.17) is 10.5 Å². The molecule has 4 nitrogen and oxygen atoms in total. The maximum Gasteiger partial charge on any atom is 0.250 e. The Balaban J connectivity index is 0.00000289. The highest BCUT2D eigenvalue weighted by Crippen LogP contribution is 2.14. The van der Waals surface area contributed by atoms with E-state index in [1.807, 2.05) is 45.0 Å². The van der Waals surface area contributed by atoms with Crippen LogP contribution in [0.15, 0.2) is 24.3 Å². The van der Waals surface area contributed by atoms with Crippen molar-refractivity contribution < 1.29 is 9.53 Å². The van der Waals surface area contributed by atoms with Gasteiger partial charge in [-0.05, 0) is 38.5 Å². The van der Waals surface area contributed by atoms with E-state index in [0.29, 0.717) is 0 Å². The van der Waals surface area contributed by atoms with Gasteiger partial charge in [0, 0.05) is 11.7 Å². The number of hydrogen-bond donors (Lipinski definition) is 2. The zero-order chi connectivity index (χ0) is 12.8. The van der Waals surface area contributed by atoms with Crippen LogP contribution in [0, 0.1) is 0 Å². The van der Waals surface area contributed by atoms with E-state index in [1.54, 1.807) is 0 Å². The fourth-order valence-electron chi connectivity index (χ4n) is 1.31.